The van der Waals surface area contributed by atoms with Crippen molar-refractivity contribution >= 4 is 21.9 Å². The highest BCUT2D eigenvalue weighted by molar-refractivity contribution is 7.89. The standard InChI is InChI=1S/C11H20N2O5S/c1-4-18-11(15)10-8(12-19(16,17)5-2)6-7-9(14)13(10)3/h8,10,12H,4-7H2,1-3H3/t8-,10-/m0/s1. The lowest BCUT2D eigenvalue weighted by molar-refractivity contribution is -0.157. The second-order valence-electron chi connectivity index (χ2n) is 4.37. The fourth-order valence-electron chi connectivity index (χ4n) is 2.03. The summed E-state index contributed by atoms with van der Waals surface area (Å²) in [6.07, 6.45) is 0.509. The third-order valence-corrected chi connectivity index (χ3v) is 4.52. The third-order valence-electron chi connectivity index (χ3n) is 3.10. The molecule has 0 aromatic rings. The first-order valence-electron chi connectivity index (χ1n) is 6.24. The SMILES string of the molecule is CCOC(=O)[C@@H]1[C@@H](NS(=O)(=O)CC)CCC(=O)N1C. The van der Waals surface area contributed by atoms with Crippen LogP contribution in [0.25, 0.3) is 0 Å². The van der Waals surface area contributed by atoms with Gasteiger partial charge in [0.25, 0.3) is 0 Å². The maximum Gasteiger partial charge on any atom is 0.330 e. The van der Waals surface area contributed by atoms with Crippen LogP contribution >= 0.6 is 0 Å². The molecule has 1 rings (SSSR count). The molecule has 0 aliphatic carbocycles. The Kier molecular flexibility index (Phi) is 5.30. The molecule has 0 bridgehead atoms. The van der Waals surface area contributed by atoms with Gasteiger partial charge >= 0.3 is 5.97 Å². The molecule has 2 atom stereocenters. The second kappa shape index (κ2) is 6.33. The average molecular weight is 292 g/mol. The van der Waals surface area contributed by atoms with E-state index < -0.39 is 28.1 Å². The fourth-order valence-corrected chi connectivity index (χ4v) is 2.90. The summed E-state index contributed by atoms with van der Waals surface area (Å²) in [7, 11) is -1.95. The molecule has 1 aliphatic rings. The summed E-state index contributed by atoms with van der Waals surface area (Å²) < 4.78 is 30.6. The highest BCUT2D eigenvalue weighted by Gasteiger charge is 2.41. The topological polar surface area (TPSA) is 92.8 Å². The first-order valence-corrected chi connectivity index (χ1v) is 7.90. The maximum absolute atomic E-state index is 11.9. The Morgan fingerprint density at radius 1 is 1.47 bits per heavy atom. The van der Waals surface area contributed by atoms with E-state index in [1.807, 2.05) is 0 Å². The molecule has 0 radical (unpaired) electrons. The molecule has 1 N–H and O–H groups in total. The van der Waals surface area contributed by atoms with Gasteiger partial charge in [0.05, 0.1) is 18.4 Å². The van der Waals surface area contributed by atoms with Crippen LogP contribution in [0.5, 0.6) is 0 Å². The van der Waals surface area contributed by atoms with E-state index >= 15 is 0 Å². The molecule has 0 spiro atoms. The molecule has 0 unspecified atom stereocenters. The number of ether oxygens (including phenoxy) is 1. The first-order chi connectivity index (χ1) is 8.82. The average Bonchev–Trinajstić information content (AvgIpc) is 2.34. The number of likely N-dealkylation sites (N-methyl/N-ethyl adjacent to an activating group) is 1. The summed E-state index contributed by atoms with van der Waals surface area (Å²) in [6, 6.07) is -1.53. The van der Waals surface area contributed by atoms with Crippen LogP contribution in [0.15, 0.2) is 0 Å². The van der Waals surface area contributed by atoms with Gasteiger partial charge in [0.1, 0.15) is 6.04 Å². The van der Waals surface area contributed by atoms with Gasteiger partial charge in [-0.05, 0) is 20.3 Å². The van der Waals surface area contributed by atoms with E-state index in [1.165, 1.54) is 18.9 Å². The minimum absolute atomic E-state index is 0.0727. The minimum Gasteiger partial charge on any atom is -0.464 e. The smallest absolute Gasteiger partial charge is 0.330 e. The molecular weight excluding hydrogens is 272 g/mol. The number of sulfonamides is 1. The van der Waals surface area contributed by atoms with Crippen molar-refractivity contribution in [3.8, 4) is 0 Å². The van der Waals surface area contributed by atoms with Gasteiger partial charge in [0, 0.05) is 13.5 Å². The van der Waals surface area contributed by atoms with Crippen LogP contribution in [-0.4, -0.2) is 56.7 Å². The molecule has 1 amide bonds. The Balaban J connectivity index is 2.93. The number of hydrogen-bond donors (Lipinski definition) is 1. The molecule has 0 saturated carbocycles. The number of carbonyl (C=O) groups excluding carboxylic acids is 2. The van der Waals surface area contributed by atoms with Crippen LogP contribution in [0.3, 0.4) is 0 Å². The van der Waals surface area contributed by atoms with Crippen molar-refractivity contribution in [2.45, 2.75) is 38.8 Å². The van der Waals surface area contributed by atoms with Crippen LogP contribution in [-0.2, 0) is 24.3 Å². The van der Waals surface area contributed by atoms with E-state index in [1.54, 1.807) is 6.92 Å². The monoisotopic (exact) mass is 292 g/mol. The molecule has 0 aromatic heterocycles. The largest absolute Gasteiger partial charge is 0.464 e. The summed E-state index contributed by atoms with van der Waals surface area (Å²) in [5, 5.41) is 0. The zero-order chi connectivity index (χ0) is 14.6. The maximum atomic E-state index is 11.9. The Morgan fingerprint density at radius 2 is 2.11 bits per heavy atom. The van der Waals surface area contributed by atoms with Crippen LogP contribution < -0.4 is 4.72 Å². The van der Waals surface area contributed by atoms with E-state index in [2.05, 4.69) is 4.72 Å². The number of amides is 1. The van der Waals surface area contributed by atoms with Crippen LogP contribution in [0, 0.1) is 0 Å². The van der Waals surface area contributed by atoms with Gasteiger partial charge in [-0.3, -0.25) is 4.79 Å². The predicted octanol–water partition coefficient (Wildman–Crippen LogP) is -0.522. The Bertz CT molecular complexity index is 448. The van der Waals surface area contributed by atoms with E-state index in [0.717, 1.165) is 0 Å². The van der Waals surface area contributed by atoms with Gasteiger partial charge in [-0.25, -0.2) is 17.9 Å². The summed E-state index contributed by atoms with van der Waals surface area (Å²) in [6.45, 7) is 3.36. The van der Waals surface area contributed by atoms with E-state index in [-0.39, 0.29) is 24.7 Å². The zero-order valence-electron chi connectivity index (χ0n) is 11.4. The summed E-state index contributed by atoms with van der Waals surface area (Å²) in [4.78, 5) is 24.8. The predicted molar refractivity (Wildman–Crippen MR) is 68.8 cm³/mol. The molecule has 19 heavy (non-hydrogen) atoms. The lowest BCUT2D eigenvalue weighted by Gasteiger charge is -2.37. The van der Waals surface area contributed by atoms with Crippen LogP contribution in [0.1, 0.15) is 26.7 Å². The molecule has 1 aliphatic heterocycles. The molecule has 1 heterocycles. The number of piperidine rings is 1. The van der Waals surface area contributed by atoms with Gasteiger partial charge in [-0.1, -0.05) is 0 Å². The first kappa shape index (κ1) is 15.9. The van der Waals surface area contributed by atoms with Crippen molar-refractivity contribution in [2.75, 3.05) is 19.4 Å². The van der Waals surface area contributed by atoms with Crippen LogP contribution in [0.4, 0.5) is 0 Å². The minimum atomic E-state index is -3.44. The number of carbonyl (C=O) groups is 2. The van der Waals surface area contributed by atoms with Crippen molar-refractivity contribution in [2.24, 2.45) is 0 Å². The third kappa shape index (κ3) is 3.90. The zero-order valence-corrected chi connectivity index (χ0v) is 12.2. The highest BCUT2D eigenvalue weighted by Crippen LogP contribution is 2.19. The summed E-state index contributed by atoms with van der Waals surface area (Å²) in [5.41, 5.74) is 0. The Hall–Kier alpha value is -1.15. The number of hydrogen-bond acceptors (Lipinski definition) is 5. The number of rotatable bonds is 5. The number of nitrogens with zero attached hydrogens (tertiary/aromatic N) is 1. The molecule has 7 nitrogen and oxygen atoms in total. The quantitative estimate of drug-likeness (QED) is 0.688. The van der Waals surface area contributed by atoms with Crippen molar-refractivity contribution in [3.63, 3.8) is 0 Å². The molecule has 110 valence electrons. The van der Waals surface area contributed by atoms with Gasteiger partial charge in [-0.15, -0.1) is 0 Å². The molecule has 1 fully saturated rings. The van der Waals surface area contributed by atoms with Crippen molar-refractivity contribution < 1.29 is 22.7 Å². The summed E-state index contributed by atoms with van der Waals surface area (Å²) in [5.74, 6) is -0.844. The van der Waals surface area contributed by atoms with Gasteiger partial charge < -0.3 is 9.64 Å². The normalized spacial score (nSPS) is 24.4. The molecular formula is C11H20N2O5S. The lowest BCUT2D eigenvalue weighted by Crippen LogP contribution is -2.59. The number of likely N-dealkylation sites (tertiary alicyclic amines) is 1. The van der Waals surface area contributed by atoms with Gasteiger partial charge in [0.15, 0.2) is 0 Å². The number of nitrogens with one attached hydrogen (secondary N) is 1. The molecule has 1 saturated heterocycles. The number of esters is 1. The van der Waals surface area contributed by atoms with Gasteiger partial charge in [-0.2, -0.15) is 0 Å². The van der Waals surface area contributed by atoms with E-state index in [4.69, 9.17) is 4.74 Å². The second-order valence-corrected chi connectivity index (χ2v) is 6.41. The van der Waals surface area contributed by atoms with Gasteiger partial charge in [0.2, 0.25) is 15.9 Å². The Labute approximate surface area is 113 Å². The summed E-state index contributed by atoms with van der Waals surface area (Å²) >= 11 is 0. The molecule has 0 aromatic carbocycles. The van der Waals surface area contributed by atoms with Crippen LogP contribution in [0.2, 0.25) is 0 Å². The van der Waals surface area contributed by atoms with Crippen molar-refractivity contribution in [3.05, 3.63) is 0 Å². The van der Waals surface area contributed by atoms with E-state index in [0.29, 0.717) is 6.42 Å². The molecule has 8 heteroatoms. The lowest BCUT2D eigenvalue weighted by atomic mass is 9.97. The fraction of sp³-hybridized carbons (Fsp3) is 0.818. The Morgan fingerprint density at radius 3 is 2.63 bits per heavy atom. The van der Waals surface area contributed by atoms with Crippen molar-refractivity contribution in [1.29, 1.82) is 0 Å². The van der Waals surface area contributed by atoms with E-state index in [9.17, 15) is 18.0 Å². The van der Waals surface area contributed by atoms with Crippen molar-refractivity contribution in [1.82, 2.24) is 9.62 Å². The highest BCUT2D eigenvalue weighted by atomic mass is 32.2.